The Hall–Kier alpha value is -0.290. The van der Waals surface area contributed by atoms with Gasteiger partial charge in [0, 0.05) is 9.11 Å². The number of hydrogen-bond donors (Lipinski definition) is 1. The number of carbonyl (C=O) groups excluding carboxylic acids is 1. The average Bonchev–Trinajstić information content (AvgIpc) is 2.13. The van der Waals surface area contributed by atoms with Crippen LogP contribution in [-0.4, -0.2) is 11.4 Å². The molecular formula is C12H11ClINO. The lowest BCUT2D eigenvalue weighted by Gasteiger charge is -2.61. The molecule has 0 heterocycles. The molecule has 3 saturated carbocycles. The Labute approximate surface area is 113 Å². The molecular weight excluding hydrogens is 336 g/mol. The van der Waals surface area contributed by atoms with Gasteiger partial charge < -0.3 is 5.32 Å². The first-order valence-electron chi connectivity index (χ1n) is 5.36. The molecule has 16 heavy (non-hydrogen) atoms. The molecule has 84 valence electrons. The van der Waals surface area contributed by atoms with E-state index in [2.05, 4.69) is 27.9 Å². The van der Waals surface area contributed by atoms with Crippen molar-refractivity contribution in [1.82, 2.24) is 5.32 Å². The van der Waals surface area contributed by atoms with E-state index in [1.54, 1.807) is 6.07 Å². The zero-order valence-corrected chi connectivity index (χ0v) is 11.5. The van der Waals surface area contributed by atoms with Crippen LogP contribution in [0.1, 0.15) is 29.6 Å². The van der Waals surface area contributed by atoms with Crippen molar-refractivity contribution in [3.8, 4) is 0 Å². The number of halogens is 2. The van der Waals surface area contributed by atoms with Gasteiger partial charge in [-0.25, -0.2) is 0 Å². The van der Waals surface area contributed by atoms with Gasteiger partial charge in [0.2, 0.25) is 0 Å². The predicted octanol–water partition coefficient (Wildman–Crippen LogP) is 3.23. The zero-order valence-electron chi connectivity index (χ0n) is 8.59. The standard InChI is InChI=1S/C12H11ClINO/c13-10-2-1-8(14)3-9(10)11(16)15-12-4-7(5-12)6-12/h1-3,7H,4-6H2,(H,15,16). The summed E-state index contributed by atoms with van der Waals surface area (Å²) in [4.78, 5) is 12.1. The average molecular weight is 348 g/mol. The first kappa shape index (κ1) is 10.8. The molecule has 0 aliphatic heterocycles. The van der Waals surface area contributed by atoms with E-state index in [1.165, 1.54) is 0 Å². The van der Waals surface area contributed by atoms with Crippen LogP contribution in [0, 0.1) is 9.49 Å². The van der Waals surface area contributed by atoms with E-state index in [9.17, 15) is 4.79 Å². The number of rotatable bonds is 2. The lowest BCUT2D eigenvalue weighted by Crippen LogP contribution is -2.68. The van der Waals surface area contributed by atoms with E-state index < -0.39 is 0 Å². The molecule has 1 aromatic carbocycles. The summed E-state index contributed by atoms with van der Waals surface area (Å²) in [5, 5.41) is 3.65. The van der Waals surface area contributed by atoms with Gasteiger partial charge in [0.15, 0.2) is 0 Å². The van der Waals surface area contributed by atoms with Crippen molar-refractivity contribution in [2.45, 2.75) is 24.8 Å². The molecule has 0 aromatic heterocycles. The summed E-state index contributed by atoms with van der Waals surface area (Å²) in [7, 11) is 0. The van der Waals surface area contributed by atoms with Crippen LogP contribution < -0.4 is 5.32 Å². The van der Waals surface area contributed by atoms with Crippen molar-refractivity contribution in [3.63, 3.8) is 0 Å². The molecule has 3 aliphatic rings. The van der Waals surface area contributed by atoms with Crippen molar-refractivity contribution < 1.29 is 4.79 Å². The van der Waals surface area contributed by atoms with Crippen LogP contribution in [0.15, 0.2) is 18.2 Å². The highest BCUT2D eigenvalue weighted by atomic mass is 127. The van der Waals surface area contributed by atoms with Crippen molar-refractivity contribution >= 4 is 40.1 Å². The Balaban J connectivity index is 1.80. The Morgan fingerprint density at radius 1 is 1.44 bits per heavy atom. The fraction of sp³-hybridized carbons (Fsp3) is 0.417. The molecule has 1 aromatic rings. The maximum Gasteiger partial charge on any atom is 0.253 e. The number of carbonyl (C=O) groups is 1. The number of hydrogen-bond acceptors (Lipinski definition) is 1. The van der Waals surface area contributed by atoms with Crippen LogP contribution in [-0.2, 0) is 0 Å². The highest BCUT2D eigenvalue weighted by Gasteiger charge is 2.57. The molecule has 1 amide bonds. The van der Waals surface area contributed by atoms with Crippen LogP contribution in [0.2, 0.25) is 5.02 Å². The Bertz CT molecular complexity index is 457. The summed E-state index contributed by atoms with van der Waals surface area (Å²) in [5.74, 6) is 0.841. The molecule has 4 rings (SSSR count). The largest absolute Gasteiger partial charge is 0.347 e. The van der Waals surface area contributed by atoms with Gasteiger partial charge in [-0.3, -0.25) is 4.79 Å². The molecule has 4 heteroatoms. The predicted molar refractivity (Wildman–Crippen MR) is 71.7 cm³/mol. The highest BCUT2D eigenvalue weighted by Crippen LogP contribution is 2.57. The molecule has 0 spiro atoms. The molecule has 3 fully saturated rings. The monoisotopic (exact) mass is 347 g/mol. The molecule has 2 nitrogen and oxygen atoms in total. The van der Waals surface area contributed by atoms with Crippen LogP contribution in [0.25, 0.3) is 0 Å². The maximum absolute atomic E-state index is 12.1. The fourth-order valence-corrected chi connectivity index (χ4v) is 3.31. The normalized spacial score (nSPS) is 30.2. The summed E-state index contributed by atoms with van der Waals surface area (Å²) in [6.45, 7) is 0. The van der Waals surface area contributed by atoms with Crippen LogP contribution >= 0.6 is 34.2 Å². The van der Waals surface area contributed by atoms with E-state index in [0.717, 1.165) is 28.8 Å². The summed E-state index contributed by atoms with van der Waals surface area (Å²) in [6, 6.07) is 5.52. The molecule has 0 saturated heterocycles. The fourth-order valence-electron chi connectivity index (χ4n) is 2.61. The smallest absolute Gasteiger partial charge is 0.253 e. The van der Waals surface area contributed by atoms with E-state index in [4.69, 9.17) is 11.6 Å². The zero-order chi connectivity index (χ0) is 11.3. The minimum Gasteiger partial charge on any atom is -0.347 e. The van der Waals surface area contributed by atoms with Crippen LogP contribution in [0.4, 0.5) is 0 Å². The van der Waals surface area contributed by atoms with E-state index in [0.29, 0.717) is 10.6 Å². The first-order chi connectivity index (χ1) is 7.58. The van der Waals surface area contributed by atoms with Gasteiger partial charge in [0.05, 0.1) is 10.6 Å². The van der Waals surface area contributed by atoms with Gasteiger partial charge in [0.1, 0.15) is 0 Å². The maximum atomic E-state index is 12.1. The minimum atomic E-state index is -0.0262. The third-order valence-corrected chi connectivity index (χ3v) is 4.59. The number of amides is 1. The third kappa shape index (κ3) is 1.64. The molecule has 2 bridgehead atoms. The van der Waals surface area contributed by atoms with E-state index in [1.807, 2.05) is 12.1 Å². The summed E-state index contributed by atoms with van der Waals surface area (Å²) < 4.78 is 1.03. The lowest BCUT2D eigenvalue weighted by molar-refractivity contribution is -0.0438. The van der Waals surface area contributed by atoms with E-state index in [-0.39, 0.29) is 11.4 Å². The van der Waals surface area contributed by atoms with Crippen molar-refractivity contribution in [3.05, 3.63) is 32.4 Å². The van der Waals surface area contributed by atoms with Crippen molar-refractivity contribution in [2.24, 2.45) is 5.92 Å². The third-order valence-electron chi connectivity index (χ3n) is 3.59. The molecule has 0 unspecified atom stereocenters. The van der Waals surface area contributed by atoms with Crippen molar-refractivity contribution in [1.29, 1.82) is 0 Å². The molecule has 0 radical (unpaired) electrons. The summed E-state index contributed by atoms with van der Waals surface area (Å²) >= 11 is 8.22. The first-order valence-corrected chi connectivity index (χ1v) is 6.81. The Morgan fingerprint density at radius 3 is 2.69 bits per heavy atom. The van der Waals surface area contributed by atoms with Gasteiger partial charge in [-0.1, -0.05) is 11.6 Å². The Kier molecular flexibility index (Phi) is 2.44. The topological polar surface area (TPSA) is 29.1 Å². The second-order valence-corrected chi connectivity index (χ2v) is 6.49. The molecule has 1 N–H and O–H groups in total. The summed E-state index contributed by atoms with van der Waals surface area (Å²) in [5.41, 5.74) is 0.713. The van der Waals surface area contributed by atoms with Gasteiger partial charge in [-0.2, -0.15) is 0 Å². The second kappa shape index (κ2) is 3.60. The SMILES string of the molecule is O=C(NC12CC(C1)C2)c1cc(I)ccc1Cl. The van der Waals surface area contributed by atoms with Crippen LogP contribution in [0.3, 0.4) is 0 Å². The highest BCUT2D eigenvalue weighted by molar-refractivity contribution is 14.1. The number of benzene rings is 1. The Morgan fingerprint density at radius 2 is 2.12 bits per heavy atom. The van der Waals surface area contributed by atoms with Crippen LogP contribution in [0.5, 0.6) is 0 Å². The van der Waals surface area contributed by atoms with Crippen molar-refractivity contribution in [2.75, 3.05) is 0 Å². The molecule has 3 aliphatic carbocycles. The lowest BCUT2D eigenvalue weighted by atomic mass is 9.50. The minimum absolute atomic E-state index is 0.0262. The van der Waals surface area contributed by atoms with Gasteiger partial charge in [0.25, 0.3) is 5.91 Å². The second-order valence-electron chi connectivity index (χ2n) is 4.84. The van der Waals surface area contributed by atoms with E-state index >= 15 is 0 Å². The quantitative estimate of drug-likeness (QED) is 0.818. The van der Waals surface area contributed by atoms with Gasteiger partial charge in [-0.05, 0) is 66.0 Å². The summed E-state index contributed by atoms with van der Waals surface area (Å²) in [6.07, 6.45) is 3.46. The van der Waals surface area contributed by atoms with Gasteiger partial charge in [-0.15, -0.1) is 0 Å². The van der Waals surface area contributed by atoms with Gasteiger partial charge >= 0.3 is 0 Å². The molecule has 0 atom stereocenters. The number of nitrogens with one attached hydrogen (secondary N) is 1.